The zero-order chi connectivity index (χ0) is 13.4. The van der Waals surface area contributed by atoms with Gasteiger partial charge in [0, 0.05) is 11.1 Å². The van der Waals surface area contributed by atoms with Crippen LogP contribution in [-0.4, -0.2) is 31.9 Å². The molecule has 0 amide bonds. The number of carbonyl (C=O) groups excluding carboxylic acids is 1. The maximum atomic E-state index is 10.4. The number of thioether (sulfide) groups is 1. The van der Waals surface area contributed by atoms with E-state index >= 15 is 0 Å². The van der Waals surface area contributed by atoms with Crippen LogP contribution in [0.1, 0.15) is 5.56 Å². The number of benzene rings is 1. The zero-order valence-electron chi connectivity index (χ0n) is 10.0. The number of aromatic amines is 1. The van der Waals surface area contributed by atoms with Crippen LogP contribution >= 0.6 is 11.8 Å². The van der Waals surface area contributed by atoms with E-state index in [1.165, 1.54) is 0 Å². The molecule has 0 aliphatic carbocycles. The van der Waals surface area contributed by atoms with Gasteiger partial charge in [-0.1, -0.05) is 30.0 Å². The minimum atomic E-state index is -1.15. The summed E-state index contributed by atoms with van der Waals surface area (Å²) in [5.74, 6) is -1.34. The summed E-state index contributed by atoms with van der Waals surface area (Å²) < 4.78 is 0. The molecule has 0 aliphatic rings. The topological polar surface area (TPSA) is 94.6 Å². The van der Waals surface area contributed by atoms with Crippen LogP contribution in [-0.2, 0) is 4.79 Å². The Morgan fingerprint density at radius 2 is 2.26 bits per heavy atom. The fourth-order valence-electron chi connectivity index (χ4n) is 1.91. The molecule has 7 heteroatoms. The summed E-state index contributed by atoms with van der Waals surface area (Å²) in [6, 6.07) is 5.90. The summed E-state index contributed by atoms with van der Waals surface area (Å²) in [5.41, 5.74) is 3.37. The average Bonchev–Trinajstić information content (AvgIpc) is 2.76. The second-order valence-electron chi connectivity index (χ2n) is 4.07. The highest BCUT2D eigenvalue weighted by Crippen LogP contribution is 2.25. The van der Waals surface area contributed by atoms with E-state index in [9.17, 15) is 9.90 Å². The SMILES string of the molecule is Cc1cccc2c1[nH]c1nc(SCC(=O)[O-])nnc12. The molecule has 3 rings (SSSR count). The van der Waals surface area contributed by atoms with Gasteiger partial charge in [-0.05, 0) is 12.5 Å². The molecule has 0 unspecified atom stereocenters. The Hall–Kier alpha value is -2.15. The van der Waals surface area contributed by atoms with Crippen molar-refractivity contribution in [3.63, 3.8) is 0 Å². The number of carboxylic acid groups (broad SMARTS) is 1. The summed E-state index contributed by atoms with van der Waals surface area (Å²) in [6.45, 7) is 2.00. The van der Waals surface area contributed by atoms with Crippen LogP contribution in [0.2, 0.25) is 0 Å². The van der Waals surface area contributed by atoms with E-state index < -0.39 is 5.97 Å². The second kappa shape index (κ2) is 4.51. The molecule has 0 radical (unpaired) electrons. The van der Waals surface area contributed by atoms with Crippen molar-refractivity contribution in [1.29, 1.82) is 0 Å². The number of aliphatic carboxylic acids is 1. The number of rotatable bonds is 3. The first-order valence-corrected chi connectivity index (χ1v) is 6.58. The maximum absolute atomic E-state index is 10.4. The van der Waals surface area contributed by atoms with Gasteiger partial charge in [0.15, 0.2) is 5.65 Å². The molecule has 2 aromatic heterocycles. The third-order valence-corrected chi connectivity index (χ3v) is 3.57. The molecule has 1 N–H and O–H groups in total. The monoisotopic (exact) mass is 273 g/mol. The largest absolute Gasteiger partial charge is 0.549 e. The van der Waals surface area contributed by atoms with Gasteiger partial charge in [0.1, 0.15) is 5.52 Å². The van der Waals surface area contributed by atoms with Crippen molar-refractivity contribution in [2.24, 2.45) is 0 Å². The van der Waals surface area contributed by atoms with Crippen LogP contribution in [0.15, 0.2) is 23.4 Å². The predicted molar refractivity (Wildman–Crippen MR) is 69.7 cm³/mol. The second-order valence-corrected chi connectivity index (χ2v) is 5.02. The van der Waals surface area contributed by atoms with Crippen LogP contribution < -0.4 is 5.11 Å². The van der Waals surface area contributed by atoms with Gasteiger partial charge < -0.3 is 14.9 Å². The van der Waals surface area contributed by atoms with Gasteiger partial charge in [0.2, 0.25) is 5.16 Å². The number of nitrogens with zero attached hydrogens (tertiary/aromatic N) is 3. The normalized spacial score (nSPS) is 11.2. The Morgan fingerprint density at radius 3 is 3.05 bits per heavy atom. The molecule has 0 saturated heterocycles. The molecule has 19 heavy (non-hydrogen) atoms. The van der Waals surface area contributed by atoms with E-state index in [4.69, 9.17) is 0 Å². The van der Waals surface area contributed by atoms with Crippen molar-refractivity contribution in [2.45, 2.75) is 12.1 Å². The fourth-order valence-corrected chi connectivity index (χ4v) is 2.42. The first kappa shape index (κ1) is 11.9. The lowest BCUT2D eigenvalue weighted by atomic mass is 10.1. The smallest absolute Gasteiger partial charge is 0.211 e. The molecule has 0 atom stereocenters. The van der Waals surface area contributed by atoms with Gasteiger partial charge in [-0.3, -0.25) is 0 Å². The zero-order valence-corrected chi connectivity index (χ0v) is 10.8. The van der Waals surface area contributed by atoms with Gasteiger partial charge >= 0.3 is 0 Å². The molecule has 0 saturated carbocycles. The Morgan fingerprint density at radius 1 is 1.42 bits per heavy atom. The van der Waals surface area contributed by atoms with Crippen molar-refractivity contribution in [3.05, 3.63) is 23.8 Å². The minimum absolute atomic E-state index is 0.188. The van der Waals surface area contributed by atoms with Gasteiger partial charge in [0.25, 0.3) is 0 Å². The summed E-state index contributed by atoms with van der Waals surface area (Å²) in [7, 11) is 0. The number of carbonyl (C=O) groups is 1. The molecule has 0 bridgehead atoms. The minimum Gasteiger partial charge on any atom is -0.549 e. The molecule has 0 aliphatic heterocycles. The van der Waals surface area contributed by atoms with E-state index in [1.807, 2.05) is 25.1 Å². The van der Waals surface area contributed by atoms with E-state index in [2.05, 4.69) is 20.2 Å². The highest BCUT2D eigenvalue weighted by Gasteiger charge is 2.10. The van der Waals surface area contributed by atoms with Gasteiger partial charge in [-0.15, -0.1) is 10.2 Å². The number of carboxylic acids is 1. The molecule has 0 spiro atoms. The highest BCUT2D eigenvalue weighted by atomic mass is 32.2. The van der Waals surface area contributed by atoms with Crippen LogP contribution in [0.5, 0.6) is 0 Å². The molecule has 6 nitrogen and oxygen atoms in total. The van der Waals surface area contributed by atoms with Crippen molar-refractivity contribution in [2.75, 3.05) is 5.75 Å². The third-order valence-electron chi connectivity index (χ3n) is 2.76. The lowest BCUT2D eigenvalue weighted by Gasteiger charge is -1.99. The molecular formula is C12H9N4O2S-. The maximum Gasteiger partial charge on any atom is 0.211 e. The molecule has 1 aromatic carbocycles. The van der Waals surface area contributed by atoms with E-state index in [1.54, 1.807) is 0 Å². The van der Waals surface area contributed by atoms with Gasteiger partial charge in [-0.2, -0.15) is 0 Å². The molecular weight excluding hydrogens is 264 g/mol. The summed E-state index contributed by atoms with van der Waals surface area (Å²) >= 11 is 0.991. The number of hydrogen-bond donors (Lipinski definition) is 1. The van der Waals surface area contributed by atoms with E-state index in [0.29, 0.717) is 16.3 Å². The Kier molecular flexibility index (Phi) is 2.83. The summed E-state index contributed by atoms with van der Waals surface area (Å²) in [6.07, 6.45) is 0. The van der Waals surface area contributed by atoms with E-state index in [-0.39, 0.29) is 5.75 Å². The van der Waals surface area contributed by atoms with Crippen LogP contribution in [0.3, 0.4) is 0 Å². The average molecular weight is 273 g/mol. The summed E-state index contributed by atoms with van der Waals surface area (Å²) in [5, 5.41) is 19.7. The molecule has 2 heterocycles. The Balaban J connectivity index is 2.11. The Bertz CT molecular complexity index is 784. The number of hydrogen-bond acceptors (Lipinski definition) is 6. The number of para-hydroxylation sites is 1. The number of H-pyrrole nitrogens is 1. The molecule has 0 fully saturated rings. The van der Waals surface area contributed by atoms with Crippen molar-refractivity contribution in [1.82, 2.24) is 20.2 Å². The van der Waals surface area contributed by atoms with Crippen LogP contribution in [0.25, 0.3) is 22.1 Å². The lowest BCUT2D eigenvalue weighted by molar-refractivity contribution is -0.301. The van der Waals surface area contributed by atoms with Crippen LogP contribution in [0.4, 0.5) is 0 Å². The fraction of sp³-hybridized carbons (Fsp3) is 0.167. The van der Waals surface area contributed by atoms with Crippen LogP contribution in [0, 0.1) is 6.92 Å². The summed E-state index contributed by atoms with van der Waals surface area (Å²) in [4.78, 5) is 17.9. The molecule has 96 valence electrons. The quantitative estimate of drug-likeness (QED) is 0.704. The highest BCUT2D eigenvalue weighted by molar-refractivity contribution is 7.99. The number of aryl methyl sites for hydroxylation is 1. The lowest BCUT2D eigenvalue weighted by Crippen LogP contribution is -2.24. The number of fused-ring (bicyclic) bond motifs is 3. The first-order chi connectivity index (χ1) is 9.15. The third kappa shape index (κ3) is 2.12. The van der Waals surface area contributed by atoms with Crippen molar-refractivity contribution >= 4 is 39.8 Å². The first-order valence-electron chi connectivity index (χ1n) is 5.59. The Labute approximate surface area is 112 Å². The van der Waals surface area contributed by atoms with E-state index in [0.717, 1.165) is 28.2 Å². The van der Waals surface area contributed by atoms with Crippen molar-refractivity contribution < 1.29 is 9.90 Å². The predicted octanol–water partition coefficient (Wildman–Crippen LogP) is 0.657. The van der Waals surface area contributed by atoms with Crippen molar-refractivity contribution in [3.8, 4) is 0 Å². The number of nitrogens with one attached hydrogen (secondary N) is 1. The number of aromatic nitrogens is 4. The van der Waals surface area contributed by atoms with Gasteiger partial charge in [-0.25, -0.2) is 4.98 Å². The molecule has 3 aromatic rings. The standard InChI is InChI=1S/C12H10N4O2S/c1-6-3-2-4-7-9(6)13-11-10(7)15-16-12(14-11)19-5-8(17)18/h2-4H,5H2,1H3,(H,17,18)(H,13,14,16)/p-1. The van der Waals surface area contributed by atoms with Gasteiger partial charge in [0.05, 0.1) is 11.5 Å².